The zero-order valence-electron chi connectivity index (χ0n) is 11.0. The van der Waals surface area contributed by atoms with Gasteiger partial charge in [-0.3, -0.25) is 0 Å². The Bertz CT molecular complexity index is 556. The minimum atomic E-state index is -0.0793. The molecule has 1 saturated heterocycles. The van der Waals surface area contributed by atoms with Gasteiger partial charge >= 0.3 is 6.03 Å². The van der Waals surface area contributed by atoms with Gasteiger partial charge in [-0.25, -0.2) is 4.79 Å². The van der Waals surface area contributed by atoms with Crippen molar-refractivity contribution < 1.29 is 4.79 Å². The molecule has 20 heavy (non-hydrogen) atoms. The molecule has 0 aliphatic carbocycles. The second-order valence-electron chi connectivity index (χ2n) is 4.85. The molecule has 2 heterocycles. The number of nitrogens with zero attached hydrogens (tertiary/aromatic N) is 4. The summed E-state index contributed by atoms with van der Waals surface area (Å²) in [5, 5.41) is 17.0. The summed E-state index contributed by atoms with van der Waals surface area (Å²) in [4.78, 5) is 14.0. The van der Waals surface area contributed by atoms with Gasteiger partial charge in [0, 0.05) is 24.7 Å². The smallest absolute Gasteiger partial charge is 0.321 e. The first-order valence-corrected chi connectivity index (χ1v) is 6.67. The van der Waals surface area contributed by atoms with Gasteiger partial charge in [-0.15, -0.1) is 10.2 Å². The number of urea groups is 1. The second kappa shape index (κ2) is 5.68. The predicted octanol–water partition coefficient (Wildman–Crippen LogP) is 1.61. The molecule has 7 nitrogen and oxygen atoms in total. The van der Waals surface area contributed by atoms with Crippen molar-refractivity contribution in [2.75, 3.05) is 18.4 Å². The van der Waals surface area contributed by atoms with E-state index in [9.17, 15) is 4.79 Å². The van der Waals surface area contributed by atoms with Crippen LogP contribution in [0, 0.1) is 0 Å². The molecule has 1 aromatic carbocycles. The second-order valence-corrected chi connectivity index (χ2v) is 4.85. The van der Waals surface area contributed by atoms with Crippen molar-refractivity contribution >= 4 is 11.7 Å². The molecule has 1 aromatic heterocycles. The van der Waals surface area contributed by atoms with Gasteiger partial charge < -0.3 is 10.2 Å². The minimum Gasteiger partial charge on any atom is -0.324 e. The first kappa shape index (κ1) is 12.6. The highest BCUT2D eigenvalue weighted by molar-refractivity contribution is 5.89. The first-order chi connectivity index (χ1) is 9.83. The Morgan fingerprint density at radius 3 is 2.95 bits per heavy atom. The number of likely N-dealkylation sites (tertiary alicyclic amines) is 1. The highest BCUT2D eigenvalue weighted by Crippen LogP contribution is 2.24. The standard InChI is InChI=1S/C13H16N6O/c20-13(14-11-6-2-1-3-7-11)19-8-4-5-10(9-19)12-15-17-18-16-12/h1-3,6-7,10H,4-5,8-9H2,(H,14,20)(H,15,16,17,18). The quantitative estimate of drug-likeness (QED) is 0.869. The Hall–Kier alpha value is -2.44. The fraction of sp³-hybridized carbons (Fsp3) is 0.385. The van der Waals surface area contributed by atoms with Crippen LogP contribution in [-0.2, 0) is 0 Å². The van der Waals surface area contributed by atoms with Crippen molar-refractivity contribution in [2.45, 2.75) is 18.8 Å². The van der Waals surface area contributed by atoms with E-state index < -0.39 is 0 Å². The Kier molecular flexibility index (Phi) is 3.58. The third-order valence-electron chi connectivity index (χ3n) is 3.46. The van der Waals surface area contributed by atoms with Gasteiger partial charge in [0.25, 0.3) is 0 Å². The van der Waals surface area contributed by atoms with Crippen LogP contribution in [0.3, 0.4) is 0 Å². The number of hydrogen-bond acceptors (Lipinski definition) is 4. The van der Waals surface area contributed by atoms with E-state index in [2.05, 4.69) is 25.9 Å². The number of H-pyrrole nitrogens is 1. The molecule has 1 aliphatic heterocycles. The molecular formula is C13H16N6O. The van der Waals surface area contributed by atoms with E-state index in [0.29, 0.717) is 12.4 Å². The van der Waals surface area contributed by atoms with E-state index in [1.165, 1.54) is 0 Å². The van der Waals surface area contributed by atoms with Crippen LogP contribution in [0.2, 0.25) is 0 Å². The van der Waals surface area contributed by atoms with Gasteiger partial charge in [-0.05, 0) is 25.0 Å². The molecule has 2 amide bonds. The fourth-order valence-corrected chi connectivity index (χ4v) is 2.44. The summed E-state index contributed by atoms with van der Waals surface area (Å²) < 4.78 is 0. The molecule has 2 N–H and O–H groups in total. The third kappa shape index (κ3) is 2.76. The Morgan fingerprint density at radius 1 is 1.35 bits per heavy atom. The van der Waals surface area contributed by atoms with Gasteiger partial charge in [-0.2, -0.15) is 5.21 Å². The maximum Gasteiger partial charge on any atom is 0.321 e. The number of hydrogen-bond donors (Lipinski definition) is 2. The van der Waals surface area contributed by atoms with Gasteiger partial charge in [0.1, 0.15) is 0 Å². The molecule has 104 valence electrons. The third-order valence-corrected chi connectivity index (χ3v) is 3.46. The molecule has 1 unspecified atom stereocenters. The molecule has 1 aliphatic rings. The number of aromatic nitrogens is 4. The van der Waals surface area contributed by atoms with Crippen LogP contribution in [0.4, 0.5) is 10.5 Å². The summed E-state index contributed by atoms with van der Waals surface area (Å²) in [6.45, 7) is 1.38. The van der Waals surface area contributed by atoms with Gasteiger partial charge in [0.2, 0.25) is 0 Å². The molecule has 3 rings (SSSR count). The lowest BCUT2D eigenvalue weighted by Gasteiger charge is -2.31. The zero-order valence-corrected chi connectivity index (χ0v) is 11.0. The number of piperidine rings is 1. The number of aromatic amines is 1. The van der Waals surface area contributed by atoms with Gasteiger partial charge in [-0.1, -0.05) is 23.4 Å². The maximum atomic E-state index is 12.2. The normalized spacial score (nSPS) is 18.8. The van der Waals surface area contributed by atoms with Crippen LogP contribution in [0.5, 0.6) is 0 Å². The molecule has 0 saturated carbocycles. The Morgan fingerprint density at radius 2 is 2.20 bits per heavy atom. The summed E-state index contributed by atoms with van der Waals surface area (Å²) >= 11 is 0. The average Bonchev–Trinajstić information content (AvgIpc) is 3.03. The van der Waals surface area contributed by atoms with Crippen molar-refractivity contribution in [3.05, 3.63) is 36.2 Å². The number of benzene rings is 1. The van der Waals surface area contributed by atoms with Crippen molar-refractivity contribution in [2.24, 2.45) is 0 Å². The number of anilines is 1. The van der Waals surface area contributed by atoms with Crippen molar-refractivity contribution in [1.29, 1.82) is 0 Å². The van der Waals surface area contributed by atoms with Crippen LogP contribution in [0.15, 0.2) is 30.3 Å². The van der Waals surface area contributed by atoms with Gasteiger partial charge in [0.05, 0.1) is 0 Å². The van der Waals surface area contributed by atoms with E-state index >= 15 is 0 Å². The van der Waals surface area contributed by atoms with Crippen molar-refractivity contribution in [3.63, 3.8) is 0 Å². The van der Waals surface area contributed by atoms with E-state index in [-0.39, 0.29) is 11.9 Å². The maximum absolute atomic E-state index is 12.2. The lowest BCUT2D eigenvalue weighted by molar-refractivity contribution is 0.191. The van der Waals surface area contributed by atoms with E-state index in [1.54, 1.807) is 4.90 Å². The molecule has 2 aromatic rings. The monoisotopic (exact) mass is 272 g/mol. The van der Waals surface area contributed by atoms with Crippen molar-refractivity contribution in [3.8, 4) is 0 Å². The number of carbonyl (C=O) groups is 1. The van der Waals surface area contributed by atoms with E-state index in [1.807, 2.05) is 30.3 Å². The number of tetrazole rings is 1. The van der Waals surface area contributed by atoms with Crippen LogP contribution >= 0.6 is 0 Å². The molecule has 0 radical (unpaired) electrons. The van der Waals surface area contributed by atoms with Crippen molar-refractivity contribution in [1.82, 2.24) is 25.5 Å². The molecule has 0 bridgehead atoms. The van der Waals surface area contributed by atoms with Gasteiger partial charge in [0.15, 0.2) is 5.82 Å². The predicted molar refractivity (Wildman–Crippen MR) is 73.2 cm³/mol. The van der Waals surface area contributed by atoms with Crippen LogP contribution < -0.4 is 5.32 Å². The highest BCUT2D eigenvalue weighted by atomic mass is 16.2. The Labute approximate surface area is 116 Å². The zero-order chi connectivity index (χ0) is 13.8. The SMILES string of the molecule is O=C(Nc1ccccc1)N1CCCC(c2nn[nH]n2)C1. The summed E-state index contributed by atoms with van der Waals surface area (Å²) in [6.07, 6.45) is 1.93. The largest absolute Gasteiger partial charge is 0.324 e. The number of carbonyl (C=O) groups excluding carboxylic acids is 1. The number of nitrogens with one attached hydrogen (secondary N) is 2. The summed E-state index contributed by atoms with van der Waals surface area (Å²) in [7, 11) is 0. The fourth-order valence-electron chi connectivity index (χ4n) is 2.44. The first-order valence-electron chi connectivity index (χ1n) is 6.67. The molecule has 7 heteroatoms. The van der Waals surface area contributed by atoms with E-state index in [4.69, 9.17) is 0 Å². The van der Waals surface area contributed by atoms with E-state index in [0.717, 1.165) is 25.1 Å². The summed E-state index contributed by atoms with van der Waals surface area (Å²) in [5.74, 6) is 0.839. The minimum absolute atomic E-state index is 0.0793. The molecular weight excluding hydrogens is 256 g/mol. The number of rotatable bonds is 2. The highest BCUT2D eigenvalue weighted by Gasteiger charge is 2.27. The van der Waals surface area contributed by atoms with Crippen LogP contribution in [0.1, 0.15) is 24.6 Å². The number of amides is 2. The molecule has 0 spiro atoms. The average molecular weight is 272 g/mol. The number of para-hydroxylation sites is 1. The lowest BCUT2D eigenvalue weighted by Crippen LogP contribution is -2.41. The lowest BCUT2D eigenvalue weighted by atomic mass is 9.98. The topological polar surface area (TPSA) is 86.8 Å². The molecule has 1 atom stereocenters. The summed E-state index contributed by atoms with van der Waals surface area (Å²) in [5.41, 5.74) is 0.805. The summed E-state index contributed by atoms with van der Waals surface area (Å²) in [6, 6.07) is 9.38. The Balaban J connectivity index is 1.63. The van der Waals surface area contributed by atoms with Crippen LogP contribution in [0.25, 0.3) is 0 Å². The van der Waals surface area contributed by atoms with Crippen LogP contribution in [-0.4, -0.2) is 44.6 Å². The molecule has 1 fully saturated rings.